The molecule has 1 aliphatic rings. The highest BCUT2D eigenvalue weighted by atomic mass is 35.5. The van der Waals surface area contributed by atoms with Crippen molar-refractivity contribution in [2.45, 2.75) is 39.2 Å². The van der Waals surface area contributed by atoms with Crippen molar-refractivity contribution in [2.24, 2.45) is 23.6 Å². The summed E-state index contributed by atoms with van der Waals surface area (Å²) >= 11 is 12.2. The van der Waals surface area contributed by atoms with E-state index >= 15 is 0 Å². The summed E-state index contributed by atoms with van der Waals surface area (Å²) in [5.41, 5.74) is 4.06. The van der Waals surface area contributed by atoms with Crippen LogP contribution in [0.15, 0.2) is 18.2 Å². The number of halogens is 2. The normalized spacial score (nSPS) is 29.2. The molecule has 1 fully saturated rings. The molecule has 0 spiro atoms. The zero-order valence-corrected chi connectivity index (χ0v) is 13.0. The molecule has 0 aliphatic heterocycles. The number of hydrogen-bond donors (Lipinski definition) is 2. The molecule has 106 valence electrons. The second kappa shape index (κ2) is 6.45. The van der Waals surface area contributed by atoms with Gasteiger partial charge in [-0.25, -0.2) is 0 Å². The van der Waals surface area contributed by atoms with Crippen LogP contribution in [0.1, 0.15) is 44.7 Å². The smallest absolute Gasteiger partial charge is 0.0489 e. The van der Waals surface area contributed by atoms with Gasteiger partial charge in [0.2, 0.25) is 0 Å². The van der Waals surface area contributed by atoms with Crippen molar-refractivity contribution in [3.8, 4) is 0 Å². The van der Waals surface area contributed by atoms with E-state index in [1.807, 2.05) is 12.1 Å². The number of rotatable bonds is 3. The average Bonchev–Trinajstić information content (AvgIpc) is 2.27. The minimum Gasteiger partial charge on any atom is -0.271 e. The Balaban J connectivity index is 2.23. The van der Waals surface area contributed by atoms with Gasteiger partial charge in [-0.2, -0.15) is 0 Å². The van der Waals surface area contributed by atoms with Crippen molar-refractivity contribution in [1.82, 2.24) is 5.43 Å². The topological polar surface area (TPSA) is 38.0 Å². The van der Waals surface area contributed by atoms with Gasteiger partial charge < -0.3 is 0 Å². The Hall–Kier alpha value is -0.280. The Morgan fingerprint density at radius 3 is 2.05 bits per heavy atom. The summed E-state index contributed by atoms with van der Waals surface area (Å²) in [5.74, 6) is 7.83. The molecule has 3 N–H and O–H groups in total. The van der Waals surface area contributed by atoms with E-state index in [2.05, 4.69) is 19.3 Å². The molecule has 1 saturated carbocycles. The van der Waals surface area contributed by atoms with Gasteiger partial charge in [0.25, 0.3) is 0 Å². The van der Waals surface area contributed by atoms with Gasteiger partial charge in [0.1, 0.15) is 0 Å². The lowest BCUT2D eigenvalue weighted by Gasteiger charge is -2.36. The molecule has 3 atom stereocenters. The average molecular weight is 301 g/mol. The molecular formula is C15H22Cl2N2. The standard InChI is InChI=1S/C15H22Cl2N2/c1-9-3-10(2)5-11(4-9)15(19-18)12-6-13(16)8-14(17)7-12/h6-11,15,19H,3-5,18H2,1-2H3. The molecule has 1 aromatic carbocycles. The molecule has 3 unspecified atom stereocenters. The molecular weight excluding hydrogens is 279 g/mol. The van der Waals surface area contributed by atoms with Crippen LogP contribution >= 0.6 is 23.2 Å². The quantitative estimate of drug-likeness (QED) is 0.634. The maximum absolute atomic E-state index is 6.09. The number of benzene rings is 1. The van der Waals surface area contributed by atoms with Crippen LogP contribution in [0.25, 0.3) is 0 Å². The molecule has 0 bridgehead atoms. The SMILES string of the molecule is CC1CC(C)CC(C(NN)c2cc(Cl)cc(Cl)c2)C1. The first-order chi connectivity index (χ1) is 8.99. The maximum atomic E-state index is 6.09. The van der Waals surface area contributed by atoms with Crippen LogP contribution in [0.3, 0.4) is 0 Å². The largest absolute Gasteiger partial charge is 0.271 e. The van der Waals surface area contributed by atoms with Crippen LogP contribution in [0.4, 0.5) is 0 Å². The summed E-state index contributed by atoms with van der Waals surface area (Å²) in [4.78, 5) is 0. The molecule has 0 heterocycles. The third kappa shape index (κ3) is 3.85. The molecule has 2 rings (SSSR count). The first kappa shape index (κ1) is 15.1. The fourth-order valence-electron chi connectivity index (χ4n) is 3.54. The van der Waals surface area contributed by atoms with Crippen molar-refractivity contribution in [2.75, 3.05) is 0 Å². The molecule has 0 saturated heterocycles. The van der Waals surface area contributed by atoms with Crippen molar-refractivity contribution in [3.05, 3.63) is 33.8 Å². The number of hydrogen-bond acceptors (Lipinski definition) is 2. The second-order valence-electron chi connectivity index (χ2n) is 6.02. The predicted octanol–water partition coefficient (Wildman–Crippen LogP) is 4.57. The fraction of sp³-hybridized carbons (Fsp3) is 0.600. The van der Waals surface area contributed by atoms with Crippen LogP contribution in [-0.2, 0) is 0 Å². The lowest BCUT2D eigenvalue weighted by atomic mass is 9.72. The predicted molar refractivity (Wildman–Crippen MR) is 82.2 cm³/mol. The molecule has 1 aliphatic carbocycles. The van der Waals surface area contributed by atoms with E-state index in [-0.39, 0.29) is 6.04 Å². The van der Waals surface area contributed by atoms with E-state index in [1.54, 1.807) is 6.07 Å². The Kier molecular flexibility index (Phi) is 5.13. The highest BCUT2D eigenvalue weighted by molar-refractivity contribution is 6.34. The summed E-state index contributed by atoms with van der Waals surface area (Å²) in [6.45, 7) is 4.64. The minimum atomic E-state index is 0.126. The Morgan fingerprint density at radius 2 is 1.58 bits per heavy atom. The van der Waals surface area contributed by atoms with Gasteiger partial charge in [-0.05, 0) is 60.8 Å². The first-order valence-electron chi connectivity index (χ1n) is 6.91. The lowest BCUT2D eigenvalue weighted by molar-refractivity contribution is 0.177. The summed E-state index contributed by atoms with van der Waals surface area (Å²) in [6, 6.07) is 5.80. The number of nitrogens with one attached hydrogen (secondary N) is 1. The first-order valence-corrected chi connectivity index (χ1v) is 7.67. The molecule has 0 aromatic heterocycles. The van der Waals surface area contributed by atoms with E-state index < -0.39 is 0 Å². The maximum Gasteiger partial charge on any atom is 0.0489 e. The van der Waals surface area contributed by atoms with Crippen LogP contribution in [0.5, 0.6) is 0 Å². The Morgan fingerprint density at radius 1 is 1.05 bits per heavy atom. The fourth-order valence-corrected chi connectivity index (χ4v) is 4.08. The van der Waals surface area contributed by atoms with E-state index in [9.17, 15) is 0 Å². The van der Waals surface area contributed by atoms with Crippen LogP contribution in [0.2, 0.25) is 10.0 Å². The zero-order chi connectivity index (χ0) is 14.0. The van der Waals surface area contributed by atoms with Crippen molar-refractivity contribution in [1.29, 1.82) is 0 Å². The highest BCUT2D eigenvalue weighted by Gasteiger charge is 2.30. The summed E-state index contributed by atoms with van der Waals surface area (Å²) in [5, 5.41) is 1.33. The van der Waals surface area contributed by atoms with E-state index in [1.165, 1.54) is 19.3 Å². The summed E-state index contributed by atoms with van der Waals surface area (Å²) in [7, 11) is 0. The molecule has 4 heteroatoms. The van der Waals surface area contributed by atoms with Gasteiger partial charge >= 0.3 is 0 Å². The van der Waals surface area contributed by atoms with Gasteiger partial charge in [0, 0.05) is 16.1 Å². The van der Waals surface area contributed by atoms with Gasteiger partial charge in [0.05, 0.1) is 0 Å². The van der Waals surface area contributed by atoms with Crippen LogP contribution < -0.4 is 11.3 Å². The van der Waals surface area contributed by atoms with E-state index in [4.69, 9.17) is 29.0 Å². The van der Waals surface area contributed by atoms with Gasteiger partial charge in [-0.1, -0.05) is 37.0 Å². The van der Waals surface area contributed by atoms with E-state index in [0.717, 1.165) is 17.4 Å². The van der Waals surface area contributed by atoms with Crippen LogP contribution in [-0.4, -0.2) is 0 Å². The van der Waals surface area contributed by atoms with Crippen molar-refractivity contribution < 1.29 is 0 Å². The number of hydrazine groups is 1. The molecule has 0 amide bonds. The third-order valence-corrected chi connectivity index (χ3v) is 4.55. The monoisotopic (exact) mass is 300 g/mol. The zero-order valence-electron chi connectivity index (χ0n) is 11.5. The lowest BCUT2D eigenvalue weighted by Crippen LogP contribution is -2.37. The Labute approximate surface area is 125 Å². The van der Waals surface area contributed by atoms with Gasteiger partial charge in [-0.15, -0.1) is 0 Å². The number of nitrogens with two attached hydrogens (primary N) is 1. The minimum absolute atomic E-state index is 0.126. The van der Waals surface area contributed by atoms with Crippen LogP contribution in [0, 0.1) is 17.8 Å². The second-order valence-corrected chi connectivity index (χ2v) is 6.90. The van der Waals surface area contributed by atoms with Crippen molar-refractivity contribution in [3.63, 3.8) is 0 Å². The third-order valence-electron chi connectivity index (χ3n) is 4.11. The Bertz CT molecular complexity index is 406. The highest BCUT2D eigenvalue weighted by Crippen LogP contribution is 2.40. The molecule has 19 heavy (non-hydrogen) atoms. The molecule has 0 radical (unpaired) electrons. The molecule has 2 nitrogen and oxygen atoms in total. The van der Waals surface area contributed by atoms with E-state index in [0.29, 0.717) is 16.0 Å². The summed E-state index contributed by atoms with van der Waals surface area (Å²) in [6.07, 6.45) is 3.71. The molecule has 1 aromatic rings. The summed E-state index contributed by atoms with van der Waals surface area (Å²) < 4.78 is 0. The van der Waals surface area contributed by atoms with Gasteiger partial charge in [-0.3, -0.25) is 11.3 Å². The van der Waals surface area contributed by atoms with Crippen molar-refractivity contribution >= 4 is 23.2 Å². The van der Waals surface area contributed by atoms with Gasteiger partial charge in [0.15, 0.2) is 0 Å².